The summed E-state index contributed by atoms with van der Waals surface area (Å²) in [6, 6.07) is 0. The second-order valence-corrected chi connectivity index (χ2v) is 2.89. The van der Waals surface area contributed by atoms with E-state index in [1.165, 1.54) is 19.3 Å². The van der Waals surface area contributed by atoms with Crippen LogP contribution in [0.15, 0.2) is 11.6 Å². The second-order valence-electron chi connectivity index (χ2n) is 2.89. The van der Waals surface area contributed by atoms with Gasteiger partial charge >= 0.3 is 0 Å². The molecule has 0 radical (unpaired) electrons. The molecule has 0 aromatic heterocycles. The lowest BCUT2D eigenvalue weighted by atomic mass is 9.93. The summed E-state index contributed by atoms with van der Waals surface area (Å²) < 4.78 is 0. The Hall–Kier alpha value is -0.260. The van der Waals surface area contributed by atoms with Gasteiger partial charge in [-0.05, 0) is 19.3 Å². The first kappa shape index (κ1) is 6.85. The highest BCUT2D eigenvalue weighted by Gasteiger charge is 2.38. The van der Waals surface area contributed by atoms with Crippen LogP contribution in [0.2, 0.25) is 0 Å². The normalized spacial score (nSPS) is 21.4. The SMILES string of the molecule is CCC1=CC1(CC)CC. The van der Waals surface area contributed by atoms with Gasteiger partial charge in [0.1, 0.15) is 0 Å². The maximum absolute atomic E-state index is 2.44. The zero-order valence-electron chi connectivity index (χ0n) is 6.70. The van der Waals surface area contributed by atoms with Crippen LogP contribution in [-0.2, 0) is 0 Å². The van der Waals surface area contributed by atoms with E-state index in [1.807, 2.05) is 0 Å². The van der Waals surface area contributed by atoms with Crippen LogP contribution in [0.25, 0.3) is 0 Å². The van der Waals surface area contributed by atoms with Crippen LogP contribution in [0.5, 0.6) is 0 Å². The molecule has 0 aromatic carbocycles. The Morgan fingerprint density at radius 1 is 1.22 bits per heavy atom. The van der Waals surface area contributed by atoms with E-state index in [4.69, 9.17) is 0 Å². The average molecular weight is 124 g/mol. The van der Waals surface area contributed by atoms with Crippen LogP contribution >= 0.6 is 0 Å². The molecule has 0 fully saturated rings. The van der Waals surface area contributed by atoms with Gasteiger partial charge in [-0.15, -0.1) is 0 Å². The summed E-state index contributed by atoms with van der Waals surface area (Å²) in [6.45, 7) is 6.81. The zero-order valence-corrected chi connectivity index (χ0v) is 6.70. The quantitative estimate of drug-likeness (QED) is 0.507. The monoisotopic (exact) mass is 124 g/mol. The van der Waals surface area contributed by atoms with E-state index in [2.05, 4.69) is 26.8 Å². The first-order valence-electron chi connectivity index (χ1n) is 4.01. The Morgan fingerprint density at radius 3 is 1.89 bits per heavy atom. The molecule has 0 bridgehead atoms. The summed E-state index contributed by atoms with van der Waals surface area (Å²) >= 11 is 0. The van der Waals surface area contributed by atoms with Crippen LogP contribution < -0.4 is 0 Å². The first-order chi connectivity index (χ1) is 4.29. The fourth-order valence-electron chi connectivity index (χ4n) is 1.66. The van der Waals surface area contributed by atoms with Gasteiger partial charge in [0, 0.05) is 5.41 Å². The van der Waals surface area contributed by atoms with E-state index >= 15 is 0 Å². The van der Waals surface area contributed by atoms with Crippen molar-refractivity contribution >= 4 is 0 Å². The fourth-order valence-corrected chi connectivity index (χ4v) is 1.66. The minimum Gasteiger partial charge on any atom is -0.0742 e. The lowest BCUT2D eigenvalue weighted by Crippen LogP contribution is -2.00. The third-order valence-corrected chi connectivity index (χ3v) is 2.65. The molecule has 0 aliphatic heterocycles. The van der Waals surface area contributed by atoms with Crippen LogP contribution in [0.3, 0.4) is 0 Å². The lowest BCUT2D eigenvalue weighted by molar-refractivity contribution is 0.502. The summed E-state index contributed by atoms with van der Waals surface area (Å²) in [6.07, 6.45) is 6.33. The Morgan fingerprint density at radius 2 is 1.78 bits per heavy atom. The second kappa shape index (κ2) is 2.17. The van der Waals surface area contributed by atoms with Crippen LogP contribution in [-0.4, -0.2) is 0 Å². The molecule has 0 atom stereocenters. The highest BCUT2D eigenvalue weighted by molar-refractivity contribution is 5.37. The average Bonchev–Trinajstić information content (AvgIpc) is 2.63. The maximum atomic E-state index is 2.44. The molecule has 1 rings (SSSR count). The van der Waals surface area contributed by atoms with E-state index in [1.54, 1.807) is 5.57 Å². The van der Waals surface area contributed by atoms with Crippen molar-refractivity contribution in [2.24, 2.45) is 5.41 Å². The molecule has 52 valence electrons. The zero-order chi connectivity index (χ0) is 6.91. The third kappa shape index (κ3) is 0.910. The van der Waals surface area contributed by atoms with Crippen LogP contribution in [0.1, 0.15) is 40.0 Å². The van der Waals surface area contributed by atoms with Gasteiger partial charge in [-0.25, -0.2) is 0 Å². The molecular weight excluding hydrogens is 108 g/mol. The molecule has 0 nitrogen and oxygen atoms in total. The first-order valence-corrected chi connectivity index (χ1v) is 4.01. The van der Waals surface area contributed by atoms with Gasteiger partial charge in [0.15, 0.2) is 0 Å². The molecule has 1 aliphatic rings. The lowest BCUT2D eigenvalue weighted by Gasteiger charge is -2.11. The molecule has 0 saturated carbocycles. The van der Waals surface area contributed by atoms with E-state index < -0.39 is 0 Å². The van der Waals surface area contributed by atoms with Crippen molar-refractivity contribution in [1.82, 2.24) is 0 Å². The number of rotatable bonds is 3. The van der Waals surface area contributed by atoms with Crippen molar-refractivity contribution in [2.75, 3.05) is 0 Å². The summed E-state index contributed by atoms with van der Waals surface area (Å²) in [5, 5.41) is 0. The predicted molar refractivity (Wildman–Crippen MR) is 41.4 cm³/mol. The molecular formula is C9H16. The van der Waals surface area contributed by atoms with Crippen molar-refractivity contribution < 1.29 is 0 Å². The molecule has 0 saturated heterocycles. The Labute approximate surface area is 58.0 Å². The van der Waals surface area contributed by atoms with Gasteiger partial charge in [-0.1, -0.05) is 32.4 Å². The summed E-state index contributed by atoms with van der Waals surface area (Å²) in [7, 11) is 0. The Bertz CT molecular complexity index is 127. The molecule has 1 aliphatic carbocycles. The Kier molecular flexibility index (Phi) is 1.65. The minimum absolute atomic E-state index is 0.592. The van der Waals surface area contributed by atoms with Crippen LogP contribution in [0.4, 0.5) is 0 Å². The number of hydrogen-bond donors (Lipinski definition) is 0. The molecule has 0 heteroatoms. The summed E-state index contributed by atoms with van der Waals surface area (Å²) in [5.74, 6) is 0. The minimum atomic E-state index is 0.592. The third-order valence-electron chi connectivity index (χ3n) is 2.65. The molecule has 0 heterocycles. The predicted octanol–water partition coefficient (Wildman–Crippen LogP) is 3.14. The molecule has 0 N–H and O–H groups in total. The molecule has 0 unspecified atom stereocenters. The van der Waals surface area contributed by atoms with E-state index in [0.717, 1.165) is 0 Å². The van der Waals surface area contributed by atoms with Crippen molar-refractivity contribution in [3.05, 3.63) is 11.6 Å². The van der Waals surface area contributed by atoms with Gasteiger partial charge in [0.2, 0.25) is 0 Å². The maximum Gasteiger partial charge on any atom is 0.00886 e. The Balaban J connectivity index is 2.42. The van der Waals surface area contributed by atoms with E-state index in [-0.39, 0.29) is 0 Å². The van der Waals surface area contributed by atoms with Crippen molar-refractivity contribution in [2.45, 2.75) is 40.0 Å². The van der Waals surface area contributed by atoms with E-state index in [9.17, 15) is 0 Å². The largest absolute Gasteiger partial charge is 0.0742 e. The topological polar surface area (TPSA) is 0 Å². The summed E-state index contributed by atoms with van der Waals surface area (Å²) in [4.78, 5) is 0. The summed E-state index contributed by atoms with van der Waals surface area (Å²) in [5.41, 5.74) is 2.28. The standard InChI is InChI=1S/C9H16/c1-4-8-7-9(8,5-2)6-3/h7H,4-6H2,1-3H3. The smallest absolute Gasteiger partial charge is 0.00886 e. The van der Waals surface area contributed by atoms with Gasteiger partial charge in [0.25, 0.3) is 0 Å². The van der Waals surface area contributed by atoms with Crippen molar-refractivity contribution in [1.29, 1.82) is 0 Å². The van der Waals surface area contributed by atoms with Crippen molar-refractivity contribution in [3.63, 3.8) is 0 Å². The molecule has 0 amide bonds. The number of hydrogen-bond acceptors (Lipinski definition) is 0. The molecule has 0 spiro atoms. The van der Waals surface area contributed by atoms with Gasteiger partial charge < -0.3 is 0 Å². The van der Waals surface area contributed by atoms with Crippen molar-refractivity contribution in [3.8, 4) is 0 Å². The van der Waals surface area contributed by atoms with Gasteiger partial charge in [0.05, 0.1) is 0 Å². The van der Waals surface area contributed by atoms with Gasteiger partial charge in [-0.2, -0.15) is 0 Å². The fraction of sp³-hybridized carbons (Fsp3) is 0.778. The van der Waals surface area contributed by atoms with Gasteiger partial charge in [-0.3, -0.25) is 0 Å². The number of allylic oxidation sites excluding steroid dienone is 2. The van der Waals surface area contributed by atoms with E-state index in [0.29, 0.717) is 5.41 Å². The molecule has 0 aromatic rings. The highest BCUT2D eigenvalue weighted by atomic mass is 14.4. The van der Waals surface area contributed by atoms with Crippen LogP contribution in [0, 0.1) is 5.41 Å². The molecule has 9 heavy (non-hydrogen) atoms. The highest BCUT2D eigenvalue weighted by Crippen LogP contribution is 2.51.